The first-order chi connectivity index (χ1) is 19.3. The Morgan fingerprint density at radius 1 is 1.10 bits per heavy atom. The van der Waals surface area contributed by atoms with Crippen LogP contribution < -0.4 is 29.7 Å². The van der Waals surface area contributed by atoms with Crippen LogP contribution in [0.1, 0.15) is 31.0 Å². The Balaban J connectivity index is 1.67. The van der Waals surface area contributed by atoms with Crippen molar-refractivity contribution < 1.29 is 14.3 Å². The number of allylic oxidation sites excluding steroid dienone is 1. The molecule has 0 radical (unpaired) electrons. The van der Waals surface area contributed by atoms with E-state index in [1.165, 1.54) is 11.3 Å². The molecular formula is C30H25Br2N3O4S. The zero-order valence-corrected chi connectivity index (χ0v) is 25.9. The highest BCUT2D eigenvalue weighted by molar-refractivity contribution is 9.11. The van der Waals surface area contributed by atoms with E-state index in [9.17, 15) is 9.59 Å². The number of nitrogens with one attached hydrogen (secondary N) is 1. The Morgan fingerprint density at radius 2 is 1.82 bits per heavy atom. The number of anilines is 1. The van der Waals surface area contributed by atoms with Gasteiger partial charge in [-0.1, -0.05) is 41.7 Å². The van der Waals surface area contributed by atoms with E-state index in [1.54, 1.807) is 18.6 Å². The molecule has 0 aliphatic carbocycles. The lowest BCUT2D eigenvalue weighted by molar-refractivity contribution is -0.113. The van der Waals surface area contributed by atoms with E-state index in [0.29, 0.717) is 44.4 Å². The molecular weight excluding hydrogens is 658 g/mol. The van der Waals surface area contributed by atoms with Gasteiger partial charge >= 0.3 is 0 Å². The number of carbonyl (C=O) groups is 1. The van der Waals surface area contributed by atoms with Crippen LogP contribution in [0.4, 0.5) is 5.69 Å². The number of fused-ring (bicyclic) bond motifs is 1. The summed E-state index contributed by atoms with van der Waals surface area (Å²) in [6.07, 6.45) is 1.82. The van der Waals surface area contributed by atoms with Gasteiger partial charge in [0, 0.05) is 5.69 Å². The molecule has 0 unspecified atom stereocenters. The number of nitrogens with zero attached hydrogens (tertiary/aromatic N) is 2. The van der Waals surface area contributed by atoms with E-state index >= 15 is 0 Å². The number of halogens is 2. The third kappa shape index (κ3) is 5.56. The normalized spacial score (nSPS) is 14.9. The van der Waals surface area contributed by atoms with Crippen LogP contribution >= 0.6 is 43.2 Å². The van der Waals surface area contributed by atoms with Gasteiger partial charge in [-0.25, -0.2) is 4.99 Å². The molecule has 1 aliphatic rings. The molecule has 1 aliphatic heterocycles. The highest BCUT2D eigenvalue weighted by Crippen LogP contribution is 2.35. The number of ether oxygens (including phenoxy) is 2. The maximum Gasteiger partial charge on any atom is 0.271 e. The smallest absolute Gasteiger partial charge is 0.271 e. The quantitative estimate of drug-likeness (QED) is 0.267. The van der Waals surface area contributed by atoms with Crippen molar-refractivity contribution in [3.05, 3.63) is 118 Å². The van der Waals surface area contributed by atoms with Gasteiger partial charge in [-0.3, -0.25) is 14.2 Å². The molecule has 0 saturated carbocycles. The zero-order valence-electron chi connectivity index (χ0n) is 21.9. The van der Waals surface area contributed by atoms with Gasteiger partial charge in [0.1, 0.15) is 11.5 Å². The van der Waals surface area contributed by atoms with Crippen molar-refractivity contribution in [2.45, 2.75) is 19.9 Å². The lowest BCUT2D eigenvalue weighted by Gasteiger charge is -2.25. The minimum absolute atomic E-state index is 0.241. The van der Waals surface area contributed by atoms with E-state index in [4.69, 9.17) is 14.5 Å². The van der Waals surface area contributed by atoms with Crippen LogP contribution in [0.3, 0.4) is 0 Å². The third-order valence-electron chi connectivity index (χ3n) is 6.31. The fraction of sp³-hybridized carbons (Fsp3) is 0.167. The standard InChI is InChI=1S/C30H25Br2N3O4S/c1-4-39-27-22(31)13-18(14-23(27)32)15-24-29(37)35-26(19-9-8-12-21(16-19)38-3)25(17(2)33-30(35)40-24)28(36)34-20-10-6-5-7-11-20/h5-16,26H,4H2,1-3H3,(H,34,36)/b24-15-/t26-/m1/s1. The molecule has 0 fully saturated rings. The van der Waals surface area contributed by atoms with Gasteiger partial charge in [0.15, 0.2) is 4.80 Å². The monoisotopic (exact) mass is 681 g/mol. The molecule has 7 nitrogen and oxygen atoms in total. The summed E-state index contributed by atoms with van der Waals surface area (Å²) in [5.41, 5.74) is 2.90. The zero-order chi connectivity index (χ0) is 28.4. The number of hydrogen-bond donors (Lipinski definition) is 1. The maximum atomic E-state index is 14.0. The molecule has 10 heteroatoms. The van der Waals surface area contributed by atoms with Crippen LogP contribution in [0.15, 0.2) is 96.7 Å². The molecule has 2 heterocycles. The summed E-state index contributed by atoms with van der Waals surface area (Å²) in [4.78, 5) is 32.9. The number of rotatable bonds is 7. The second-order valence-electron chi connectivity index (χ2n) is 8.93. The molecule has 5 rings (SSSR count). The summed E-state index contributed by atoms with van der Waals surface area (Å²) in [5.74, 6) is 0.999. The molecule has 1 atom stereocenters. The Hall–Kier alpha value is -3.47. The molecule has 4 aromatic rings. The summed E-state index contributed by atoms with van der Waals surface area (Å²) in [6, 6.07) is 19.7. The van der Waals surface area contributed by atoms with E-state index in [1.807, 2.05) is 79.7 Å². The lowest BCUT2D eigenvalue weighted by atomic mass is 9.95. The fourth-order valence-electron chi connectivity index (χ4n) is 4.56. The third-order valence-corrected chi connectivity index (χ3v) is 8.48. The number of benzene rings is 3. The van der Waals surface area contributed by atoms with Gasteiger partial charge in [-0.15, -0.1) is 0 Å². The molecule has 3 aromatic carbocycles. The van der Waals surface area contributed by atoms with E-state index in [2.05, 4.69) is 37.2 Å². The summed E-state index contributed by atoms with van der Waals surface area (Å²) in [6.45, 7) is 4.24. The topological polar surface area (TPSA) is 81.9 Å². The van der Waals surface area contributed by atoms with Crippen molar-refractivity contribution in [2.24, 2.45) is 4.99 Å². The molecule has 1 amide bonds. The van der Waals surface area contributed by atoms with E-state index in [0.717, 1.165) is 20.1 Å². The summed E-state index contributed by atoms with van der Waals surface area (Å²) < 4.78 is 14.8. The van der Waals surface area contributed by atoms with Crippen molar-refractivity contribution in [3.8, 4) is 11.5 Å². The van der Waals surface area contributed by atoms with Gasteiger partial charge in [0.05, 0.1) is 44.5 Å². The second-order valence-corrected chi connectivity index (χ2v) is 11.6. The highest BCUT2D eigenvalue weighted by Gasteiger charge is 2.32. The first-order valence-electron chi connectivity index (χ1n) is 12.5. The first-order valence-corrected chi connectivity index (χ1v) is 14.9. The Morgan fingerprint density at radius 3 is 2.50 bits per heavy atom. The minimum Gasteiger partial charge on any atom is -0.497 e. The van der Waals surface area contributed by atoms with Crippen LogP contribution in [-0.2, 0) is 4.79 Å². The molecule has 0 spiro atoms. The van der Waals surface area contributed by atoms with Gasteiger partial charge < -0.3 is 14.8 Å². The number of para-hydroxylation sites is 1. The number of carbonyl (C=O) groups excluding carboxylic acids is 1. The van der Waals surface area contributed by atoms with Crippen LogP contribution in [-0.4, -0.2) is 24.2 Å². The Kier molecular flexibility index (Phi) is 8.39. The average Bonchev–Trinajstić information content (AvgIpc) is 3.24. The number of aromatic nitrogens is 1. The summed E-state index contributed by atoms with van der Waals surface area (Å²) in [5, 5.41) is 2.97. The molecule has 1 N–H and O–H groups in total. The Bertz CT molecular complexity index is 1790. The van der Waals surface area contributed by atoms with Gasteiger partial charge in [0.2, 0.25) is 0 Å². The van der Waals surface area contributed by atoms with Crippen molar-refractivity contribution >= 4 is 60.9 Å². The average molecular weight is 683 g/mol. The summed E-state index contributed by atoms with van der Waals surface area (Å²) in [7, 11) is 1.59. The first kappa shape index (κ1) is 28.1. The molecule has 0 saturated heterocycles. The SMILES string of the molecule is CCOc1c(Br)cc(/C=c2\sc3n(c2=O)[C@H](c2cccc(OC)c2)C(C(=O)Nc2ccccc2)=C(C)N=3)cc1Br. The predicted molar refractivity (Wildman–Crippen MR) is 165 cm³/mol. The van der Waals surface area contributed by atoms with E-state index < -0.39 is 6.04 Å². The second kappa shape index (κ2) is 12.0. The number of amides is 1. The van der Waals surface area contributed by atoms with Crippen LogP contribution in [0.5, 0.6) is 11.5 Å². The summed E-state index contributed by atoms with van der Waals surface area (Å²) >= 11 is 8.41. The fourth-order valence-corrected chi connectivity index (χ4v) is 7.05. The molecule has 204 valence electrons. The Labute approximate surface area is 251 Å². The van der Waals surface area contributed by atoms with Crippen LogP contribution in [0.2, 0.25) is 0 Å². The highest BCUT2D eigenvalue weighted by atomic mass is 79.9. The van der Waals surface area contributed by atoms with Crippen molar-refractivity contribution in [1.29, 1.82) is 0 Å². The predicted octanol–water partition coefficient (Wildman–Crippen LogP) is 5.81. The number of thiazole rings is 1. The number of methoxy groups -OCH3 is 1. The molecule has 0 bridgehead atoms. The minimum atomic E-state index is -0.698. The molecule has 40 heavy (non-hydrogen) atoms. The van der Waals surface area contributed by atoms with Gasteiger partial charge in [-0.05, 0) is 99.3 Å². The van der Waals surface area contributed by atoms with Gasteiger partial charge in [-0.2, -0.15) is 0 Å². The van der Waals surface area contributed by atoms with E-state index in [-0.39, 0.29) is 11.5 Å². The van der Waals surface area contributed by atoms with Crippen LogP contribution in [0.25, 0.3) is 6.08 Å². The lowest BCUT2D eigenvalue weighted by Crippen LogP contribution is -2.40. The maximum absolute atomic E-state index is 14.0. The van der Waals surface area contributed by atoms with Crippen molar-refractivity contribution in [3.63, 3.8) is 0 Å². The number of hydrogen-bond acceptors (Lipinski definition) is 6. The van der Waals surface area contributed by atoms with Gasteiger partial charge in [0.25, 0.3) is 11.5 Å². The van der Waals surface area contributed by atoms with Crippen molar-refractivity contribution in [2.75, 3.05) is 19.0 Å². The van der Waals surface area contributed by atoms with Crippen LogP contribution in [0, 0.1) is 0 Å². The molecule has 1 aromatic heterocycles. The van der Waals surface area contributed by atoms with Crippen molar-refractivity contribution in [1.82, 2.24) is 4.57 Å². The largest absolute Gasteiger partial charge is 0.497 e.